The van der Waals surface area contributed by atoms with Crippen molar-refractivity contribution < 1.29 is 24.5 Å². The fraction of sp³-hybridized carbons (Fsp3) is 0.929. The number of hydrogen-bond acceptors (Lipinski definition) is 5. The number of nitrogens with one attached hydrogen (secondary N) is 1. The first kappa shape index (κ1) is 88.3. The van der Waals surface area contributed by atoms with Crippen molar-refractivity contribution in [3.05, 3.63) is 24.3 Å². The van der Waals surface area contributed by atoms with Gasteiger partial charge in [-0.1, -0.05) is 430 Å². The molecule has 6 nitrogen and oxygen atoms in total. The first-order chi connectivity index (χ1) is 44.5. The summed E-state index contributed by atoms with van der Waals surface area (Å²) in [5, 5.41) is 23.3. The molecule has 0 spiro atoms. The maximum Gasteiger partial charge on any atom is 0.305 e. The number of hydrogen-bond donors (Lipinski definition) is 3. The first-order valence-electron chi connectivity index (χ1n) is 41.6. The second-order valence-corrected chi connectivity index (χ2v) is 28.8. The Hall–Kier alpha value is -1.66. The molecule has 6 heteroatoms. The average molecular weight is 1270 g/mol. The molecule has 0 saturated heterocycles. The summed E-state index contributed by atoms with van der Waals surface area (Å²) >= 11 is 0. The summed E-state index contributed by atoms with van der Waals surface area (Å²) in [4.78, 5) is 24.7. The van der Waals surface area contributed by atoms with Gasteiger partial charge in [-0.2, -0.15) is 0 Å². The fourth-order valence-electron chi connectivity index (χ4n) is 13.4. The van der Waals surface area contributed by atoms with Crippen LogP contribution in [0.4, 0.5) is 0 Å². The lowest BCUT2D eigenvalue weighted by atomic mass is 10.0. The molecule has 0 aliphatic rings. The van der Waals surface area contributed by atoms with Gasteiger partial charge in [-0.3, -0.25) is 9.59 Å². The van der Waals surface area contributed by atoms with Gasteiger partial charge in [0, 0.05) is 12.8 Å². The van der Waals surface area contributed by atoms with Crippen LogP contribution in [0.2, 0.25) is 0 Å². The molecule has 0 radical (unpaired) electrons. The number of aliphatic hydroxyl groups excluding tert-OH is 2. The summed E-state index contributed by atoms with van der Waals surface area (Å²) in [6.45, 7) is 4.96. The van der Waals surface area contributed by atoms with Gasteiger partial charge >= 0.3 is 5.97 Å². The third kappa shape index (κ3) is 75.4. The summed E-state index contributed by atoms with van der Waals surface area (Å²) in [6, 6.07) is -0.625. The van der Waals surface area contributed by atoms with Gasteiger partial charge in [0.05, 0.1) is 25.4 Å². The Labute approximate surface area is 564 Å². The number of rotatable bonds is 79. The van der Waals surface area contributed by atoms with Gasteiger partial charge in [-0.05, 0) is 57.8 Å². The van der Waals surface area contributed by atoms with Gasteiger partial charge in [-0.25, -0.2) is 0 Å². The Kier molecular flexibility index (Phi) is 78.3. The van der Waals surface area contributed by atoms with Crippen LogP contribution < -0.4 is 5.32 Å². The molecular weight excluding hydrogens is 1100 g/mol. The number of carbonyl (C=O) groups excluding carboxylic acids is 2. The lowest BCUT2D eigenvalue weighted by Crippen LogP contribution is -2.45. The predicted molar refractivity (Wildman–Crippen MR) is 398 cm³/mol. The van der Waals surface area contributed by atoms with Crippen LogP contribution >= 0.6 is 0 Å². The number of amides is 1. The van der Waals surface area contributed by atoms with Crippen LogP contribution in [0, 0.1) is 0 Å². The van der Waals surface area contributed by atoms with Crippen LogP contribution in [0.5, 0.6) is 0 Å². The van der Waals surface area contributed by atoms with E-state index in [1.165, 1.54) is 411 Å². The second-order valence-electron chi connectivity index (χ2n) is 28.8. The number of esters is 1. The van der Waals surface area contributed by atoms with E-state index in [2.05, 4.69) is 31.3 Å². The molecule has 2 unspecified atom stereocenters. The molecular formula is C84H163NO5. The van der Waals surface area contributed by atoms with Crippen molar-refractivity contribution in [2.24, 2.45) is 0 Å². The van der Waals surface area contributed by atoms with Crippen molar-refractivity contribution in [3.63, 3.8) is 0 Å². The molecule has 0 saturated carbocycles. The zero-order valence-electron chi connectivity index (χ0n) is 61.4. The van der Waals surface area contributed by atoms with Crippen LogP contribution in [0.15, 0.2) is 24.3 Å². The lowest BCUT2D eigenvalue weighted by Gasteiger charge is -2.20. The smallest absolute Gasteiger partial charge is 0.305 e. The SMILES string of the molecule is CCCCCCCC/C=C\CCCCCCCCCC(=O)OCCCCCCCCCCCCCCCCCCCCCCCCCCCCCCCCCCCC(=O)NC(CO)C(O)/C=C/CCCCCCCCCCCCCCCCCCCCCCC. The number of allylic oxidation sites excluding steroid dienone is 3. The second kappa shape index (κ2) is 79.8. The van der Waals surface area contributed by atoms with Gasteiger partial charge in [-0.15, -0.1) is 0 Å². The van der Waals surface area contributed by atoms with E-state index in [-0.39, 0.29) is 18.5 Å². The third-order valence-electron chi connectivity index (χ3n) is 19.7. The number of unbranched alkanes of at least 4 members (excludes halogenated alkanes) is 66. The molecule has 534 valence electrons. The molecule has 1 amide bonds. The van der Waals surface area contributed by atoms with Gasteiger partial charge in [0.1, 0.15) is 0 Å². The minimum atomic E-state index is -0.842. The van der Waals surface area contributed by atoms with Crippen molar-refractivity contribution in [2.45, 2.75) is 488 Å². The van der Waals surface area contributed by atoms with Gasteiger partial charge in [0.15, 0.2) is 0 Å². The molecule has 0 bridgehead atoms. The summed E-state index contributed by atoms with van der Waals surface area (Å²) in [5.41, 5.74) is 0. The van der Waals surface area contributed by atoms with E-state index >= 15 is 0 Å². The quantitative estimate of drug-likeness (QED) is 0.0320. The predicted octanol–water partition coefficient (Wildman–Crippen LogP) is 27.6. The van der Waals surface area contributed by atoms with E-state index < -0.39 is 12.1 Å². The minimum Gasteiger partial charge on any atom is -0.466 e. The molecule has 0 aliphatic heterocycles. The molecule has 0 aromatic heterocycles. The third-order valence-corrected chi connectivity index (χ3v) is 19.7. The van der Waals surface area contributed by atoms with Gasteiger partial charge in [0.25, 0.3) is 0 Å². The highest BCUT2D eigenvalue weighted by Crippen LogP contribution is 2.20. The van der Waals surface area contributed by atoms with Crippen LogP contribution in [-0.4, -0.2) is 47.4 Å². The number of ether oxygens (including phenoxy) is 1. The Bertz CT molecular complexity index is 1410. The molecule has 0 aliphatic carbocycles. The van der Waals surface area contributed by atoms with Crippen molar-refractivity contribution >= 4 is 11.9 Å². The summed E-state index contributed by atoms with van der Waals surface area (Å²) in [7, 11) is 0. The van der Waals surface area contributed by atoms with E-state index in [1.54, 1.807) is 6.08 Å². The monoisotopic (exact) mass is 1270 g/mol. The maximum absolute atomic E-state index is 12.6. The lowest BCUT2D eigenvalue weighted by molar-refractivity contribution is -0.143. The minimum absolute atomic E-state index is 0.0193. The van der Waals surface area contributed by atoms with E-state index in [9.17, 15) is 19.8 Å². The Morgan fingerprint density at radius 1 is 0.300 bits per heavy atom. The molecule has 0 aromatic rings. The van der Waals surface area contributed by atoms with E-state index in [1.807, 2.05) is 6.08 Å². The van der Waals surface area contributed by atoms with Crippen molar-refractivity contribution in [1.29, 1.82) is 0 Å². The van der Waals surface area contributed by atoms with Crippen LogP contribution in [0.3, 0.4) is 0 Å². The highest BCUT2D eigenvalue weighted by atomic mass is 16.5. The zero-order valence-corrected chi connectivity index (χ0v) is 61.4. The summed E-state index contributed by atoms with van der Waals surface area (Å²) in [5.74, 6) is -0.0384. The Morgan fingerprint density at radius 3 is 0.789 bits per heavy atom. The van der Waals surface area contributed by atoms with Crippen molar-refractivity contribution in [2.75, 3.05) is 13.2 Å². The van der Waals surface area contributed by atoms with Crippen molar-refractivity contribution in [1.82, 2.24) is 5.32 Å². The molecule has 90 heavy (non-hydrogen) atoms. The molecule has 0 fully saturated rings. The number of carbonyl (C=O) groups is 2. The first-order valence-corrected chi connectivity index (χ1v) is 41.6. The standard InChI is InChI=1S/C84H163NO5/c1-3-5-7-9-11-13-15-17-19-21-22-23-35-38-41-45-48-52-56-60-64-68-72-76-82(87)81(80-86)85-83(88)77-73-69-65-61-57-53-49-46-42-39-36-33-31-29-27-25-24-26-28-30-32-34-37-40-43-47-51-55-59-63-67-71-75-79-90-84(89)78-74-70-66-62-58-54-50-44-20-18-16-14-12-10-8-6-4-2/h18,20,72,76,81-82,86-87H,3-17,19,21-71,73-75,77-80H2,1-2H3,(H,85,88)/b20-18-,76-72+. The largest absolute Gasteiger partial charge is 0.466 e. The van der Waals surface area contributed by atoms with Crippen LogP contribution in [0.25, 0.3) is 0 Å². The summed E-state index contributed by atoms with van der Waals surface area (Å²) < 4.78 is 5.51. The topological polar surface area (TPSA) is 95.9 Å². The highest BCUT2D eigenvalue weighted by molar-refractivity contribution is 5.76. The number of aliphatic hydroxyl groups is 2. The van der Waals surface area contributed by atoms with Crippen LogP contribution in [-0.2, 0) is 14.3 Å². The van der Waals surface area contributed by atoms with Crippen LogP contribution in [0.1, 0.15) is 476 Å². The molecule has 0 rings (SSSR count). The highest BCUT2D eigenvalue weighted by Gasteiger charge is 2.18. The van der Waals surface area contributed by atoms with E-state index in [4.69, 9.17) is 4.74 Å². The van der Waals surface area contributed by atoms with Gasteiger partial charge < -0.3 is 20.3 Å². The Balaban J connectivity index is 3.34. The molecule has 3 N–H and O–H groups in total. The Morgan fingerprint density at radius 2 is 0.522 bits per heavy atom. The summed E-state index contributed by atoms with van der Waals surface area (Å²) in [6.07, 6.45) is 103. The molecule has 2 atom stereocenters. The molecule has 0 aromatic carbocycles. The van der Waals surface area contributed by atoms with Crippen molar-refractivity contribution in [3.8, 4) is 0 Å². The average Bonchev–Trinajstić information content (AvgIpc) is 3.68. The maximum atomic E-state index is 12.6. The zero-order chi connectivity index (χ0) is 64.9. The van der Waals surface area contributed by atoms with E-state index in [0.717, 1.165) is 38.5 Å². The van der Waals surface area contributed by atoms with Gasteiger partial charge in [0.2, 0.25) is 5.91 Å². The fourth-order valence-corrected chi connectivity index (χ4v) is 13.4. The molecule has 0 heterocycles. The van der Waals surface area contributed by atoms with E-state index in [0.29, 0.717) is 19.4 Å². The normalized spacial score (nSPS) is 12.5.